The van der Waals surface area contributed by atoms with Gasteiger partial charge in [-0.3, -0.25) is 0 Å². The Hall–Kier alpha value is -1.09. The molecule has 3 heteroatoms. The van der Waals surface area contributed by atoms with E-state index in [0.717, 1.165) is 30.3 Å². The van der Waals surface area contributed by atoms with Crippen molar-refractivity contribution < 1.29 is 4.74 Å². The fourth-order valence-electron chi connectivity index (χ4n) is 5.45. The van der Waals surface area contributed by atoms with Gasteiger partial charge in [-0.2, -0.15) is 0 Å². The van der Waals surface area contributed by atoms with Gasteiger partial charge in [-0.25, -0.2) is 4.98 Å². The predicted molar refractivity (Wildman–Crippen MR) is 134 cm³/mol. The average molecular weight is 434 g/mol. The van der Waals surface area contributed by atoms with Gasteiger partial charge < -0.3 is 4.74 Å². The van der Waals surface area contributed by atoms with Crippen molar-refractivity contribution in [1.29, 1.82) is 0 Å². The summed E-state index contributed by atoms with van der Waals surface area (Å²) in [4.78, 5) is 5.76. The molecule has 1 aromatic heterocycles. The van der Waals surface area contributed by atoms with Crippen LogP contribution in [0.25, 0.3) is 0 Å². The normalized spacial score (nSPS) is 33.5. The molecule has 0 radical (unpaired) electrons. The van der Waals surface area contributed by atoms with Crippen molar-refractivity contribution in [3.63, 3.8) is 0 Å². The molecule has 1 aliphatic heterocycles. The monoisotopic (exact) mass is 433 g/mol. The third-order valence-corrected chi connectivity index (χ3v) is 9.08. The van der Waals surface area contributed by atoms with E-state index in [1.807, 2.05) is 16.7 Å². The molecule has 0 spiro atoms. The van der Waals surface area contributed by atoms with Crippen molar-refractivity contribution in [3.05, 3.63) is 38.6 Å². The first-order valence-electron chi connectivity index (χ1n) is 10.9. The molecule has 0 bridgehead atoms. The first kappa shape index (κ1) is 26.9. The average Bonchev–Trinajstić information content (AvgIpc) is 3.44. The molecule has 5 aliphatic rings. The Morgan fingerprint density at radius 1 is 0.733 bits per heavy atom. The number of aromatic nitrogens is 1. The second-order valence-corrected chi connectivity index (χ2v) is 10.1. The maximum absolute atomic E-state index is 5.41. The quantitative estimate of drug-likeness (QED) is 0.381. The molecular weight excluding hydrogens is 386 g/mol. The van der Waals surface area contributed by atoms with Gasteiger partial charge in [-0.1, -0.05) is 75.0 Å². The Bertz CT molecular complexity index is 675. The maximum Gasteiger partial charge on any atom is 0.0990 e. The summed E-state index contributed by atoms with van der Waals surface area (Å²) in [6.07, 6.45) is 5.47. The molecule has 0 N–H and O–H groups in total. The smallest absolute Gasteiger partial charge is 0.0990 e. The van der Waals surface area contributed by atoms with Crippen LogP contribution >= 0.6 is 11.3 Å². The Morgan fingerprint density at radius 2 is 1.30 bits per heavy atom. The molecule has 2 heterocycles. The van der Waals surface area contributed by atoms with Crippen LogP contribution in [0.15, 0.2) is 28.0 Å². The lowest BCUT2D eigenvalue weighted by molar-refractivity contribution is 0.184. The van der Waals surface area contributed by atoms with Crippen molar-refractivity contribution >= 4 is 11.3 Å². The maximum atomic E-state index is 5.41. The molecule has 30 heavy (non-hydrogen) atoms. The molecule has 6 rings (SSSR count). The van der Waals surface area contributed by atoms with Crippen molar-refractivity contribution in [2.24, 2.45) is 23.7 Å². The van der Waals surface area contributed by atoms with E-state index in [2.05, 4.69) is 46.5 Å². The van der Waals surface area contributed by atoms with E-state index < -0.39 is 0 Å². The van der Waals surface area contributed by atoms with Crippen molar-refractivity contribution in [3.8, 4) is 0 Å². The van der Waals surface area contributed by atoms with Gasteiger partial charge in [0.05, 0.1) is 23.6 Å². The van der Waals surface area contributed by atoms with E-state index >= 15 is 0 Å². The van der Waals surface area contributed by atoms with Crippen molar-refractivity contribution in [2.45, 2.75) is 101 Å². The van der Waals surface area contributed by atoms with E-state index in [4.69, 9.17) is 4.74 Å². The van der Waals surface area contributed by atoms with E-state index in [-0.39, 0.29) is 22.3 Å². The summed E-state index contributed by atoms with van der Waals surface area (Å²) in [6, 6.07) is 0. The molecule has 2 nitrogen and oxygen atoms in total. The molecule has 4 aliphatic carbocycles. The number of ether oxygens (including phenoxy) is 1. The minimum Gasteiger partial charge on any atom is -0.497 e. The Balaban J connectivity index is 0.000000214. The van der Waals surface area contributed by atoms with Crippen molar-refractivity contribution in [1.82, 2.24) is 4.98 Å². The topological polar surface area (TPSA) is 22.1 Å². The fourth-order valence-corrected chi connectivity index (χ4v) is 6.51. The summed E-state index contributed by atoms with van der Waals surface area (Å²) in [5, 5.41) is 0. The third kappa shape index (κ3) is 4.29. The van der Waals surface area contributed by atoms with Gasteiger partial charge in [-0.05, 0) is 42.6 Å². The van der Waals surface area contributed by atoms with Crippen LogP contribution in [-0.2, 0) is 4.74 Å². The van der Waals surface area contributed by atoms with Crippen LogP contribution in [0.2, 0.25) is 0 Å². The first-order chi connectivity index (χ1) is 12.9. The minimum atomic E-state index is 0. The number of rotatable bonds is 0. The number of allylic oxidation sites excluding steroid dienone is 3. The Morgan fingerprint density at radius 3 is 1.83 bits per heavy atom. The molecule has 6 unspecified atom stereocenters. The molecule has 0 fully saturated rings. The van der Waals surface area contributed by atoms with Gasteiger partial charge in [0.2, 0.25) is 0 Å². The van der Waals surface area contributed by atoms with Crippen LogP contribution in [0.1, 0.15) is 112 Å². The fraction of sp³-hybridized carbons (Fsp3) is 0.741. The second-order valence-electron chi connectivity index (χ2n) is 9.23. The van der Waals surface area contributed by atoms with Crippen LogP contribution in [-0.4, -0.2) is 11.6 Å². The van der Waals surface area contributed by atoms with E-state index in [9.17, 15) is 0 Å². The molecule has 6 atom stereocenters. The second kappa shape index (κ2) is 10.5. The highest BCUT2D eigenvalue weighted by molar-refractivity contribution is 7.10. The van der Waals surface area contributed by atoms with E-state index in [1.165, 1.54) is 42.0 Å². The zero-order valence-corrected chi connectivity index (χ0v) is 18.7. The molecule has 0 amide bonds. The van der Waals surface area contributed by atoms with Crippen LogP contribution in [0, 0.1) is 23.7 Å². The molecule has 172 valence electrons. The molecular formula is C27H47NOS. The minimum absolute atomic E-state index is 0. The predicted octanol–water partition coefficient (Wildman–Crippen LogP) is 8.97. The van der Waals surface area contributed by atoms with Crippen LogP contribution < -0.4 is 0 Å². The molecule has 1 aromatic rings. The zero-order chi connectivity index (χ0) is 19.3. The van der Waals surface area contributed by atoms with Gasteiger partial charge in [0.1, 0.15) is 0 Å². The Labute approximate surface area is 191 Å². The summed E-state index contributed by atoms with van der Waals surface area (Å²) < 4.78 is 5.41. The lowest BCUT2D eigenvalue weighted by atomic mass is 9.71. The van der Waals surface area contributed by atoms with Gasteiger partial charge in [0, 0.05) is 29.1 Å². The number of thiazole rings is 1. The lowest BCUT2D eigenvalue weighted by Gasteiger charge is -2.34. The number of nitrogens with zero attached hydrogens (tertiary/aromatic N) is 1. The van der Waals surface area contributed by atoms with Gasteiger partial charge in [0.25, 0.3) is 0 Å². The van der Waals surface area contributed by atoms with Crippen LogP contribution in [0.5, 0.6) is 0 Å². The lowest BCUT2D eigenvalue weighted by Crippen LogP contribution is -2.23. The van der Waals surface area contributed by atoms with Gasteiger partial charge in [0.15, 0.2) is 0 Å². The molecule has 0 saturated heterocycles. The summed E-state index contributed by atoms with van der Waals surface area (Å²) in [5.74, 6) is 6.18. The standard InChI is InChI=1S/C9H14.C8H12O.C7H9NS.3CH4/c1-6-7(2)9-5-3-4-8(6)9;1-5-6(2)8-7(5)3-4-9-8;1-4-5(2)7-6(4)8-3-9-7;;;/h6-7H,3-5H2,1-2H3;5-6H,3-4H2,1-2H3;3-5H,1-2H3;3*1H4. The van der Waals surface area contributed by atoms with Crippen LogP contribution in [0.3, 0.4) is 0 Å². The summed E-state index contributed by atoms with van der Waals surface area (Å²) in [5.41, 5.74) is 8.49. The molecule has 0 aromatic carbocycles. The number of fused-ring (bicyclic) bond motifs is 1. The van der Waals surface area contributed by atoms with Crippen molar-refractivity contribution in [2.75, 3.05) is 6.61 Å². The highest BCUT2D eigenvalue weighted by Gasteiger charge is 2.38. The van der Waals surface area contributed by atoms with Gasteiger partial charge in [-0.15, -0.1) is 11.3 Å². The van der Waals surface area contributed by atoms with E-state index in [1.54, 1.807) is 16.9 Å². The molecule has 0 saturated carbocycles. The Kier molecular flexibility index (Phi) is 9.41. The summed E-state index contributed by atoms with van der Waals surface area (Å²) in [6.45, 7) is 14.7. The third-order valence-electron chi connectivity index (χ3n) is 8.03. The number of hydrogen-bond donors (Lipinski definition) is 0. The first-order valence-corrected chi connectivity index (χ1v) is 11.8. The summed E-state index contributed by atoms with van der Waals surface area (Å²) >= 11 is 1.79. The largest absolute Gasteiger partial charge is 0.497 e. The van der Waals surface area contributed by atoms with E-state index in [0.29, 0.717) is 11.8 Å². The zero-order valence-electron chi connectivity index (χ0n) is 17.8. The van der Waals surface area contributed by atoms with Gasteiger partial charge >= 0.3 is 0 Å². The number of hydrogen-bond acceptors (Lipinski definition) is 3. The highest BCUT2D eigenvalue weighted by atomic mass is 32.1. The highest BCUT2D eigenvalue weighted by Crippen LogP contribution is 2.49. The van der Waals surface area contributed by atoms with Crippen LogP contribution in [0.4, 0.5) is 0 Å². The summed E-state index contributed by atoms with van der Waals surface area (Å²) in [7, 11) is 0. The SMILES string of the molecule is C.C.C.CC1C2=C(CCC2)C1C.CC1C2=C(OCC2)C1C.CC1c2ncsc2C1C.